The van der Waals surface area contributed by atoms with Crippen LogP contribution in [0.4, 0.5) is 0 Å². The first-order valence-electron chi connectivity index (χ1n) is 6.38. The molecule has 0 aliphatic carbocycles. The lowest BCUT2D eigenvalue weighted by Crippen LogP contribution is -2.14. The average Bonchev–Trinajstić information content (AvgIpc) is 2.91. The predicted octanol–water partition coefficient (Wildman–Crippen LogP) is 1.65. The molecule has 2 heterocycles. The number of nitrogens with one attached hydrogen (secondary N) is 1. The lowest BCUT2D eigenvalue weighted by atomic mass is 10.2. The van der Waals surface area contributed by atoms with Crippen LogP contribution in [-0.4, -0.2) is 31.4 Å². The van der Waals surface area contributed by atoms with Gasteiger partial charge in [0.15, 0.2) is 0 Å². The van der Waals surface area contributed by atoms with Gasteiger partial charge in [-0.2, -0.15) is 0 Å². The molecule has 0 fully saturated rings. The summed E-state index contributed by atoms with van der Waals surface area (Å²) in [6.45, 7) is 0. The summed E-state index contributed by atoms with van der Waals surface area (Å²) in [6, 6.07) is 3.59. The Hall–Kier alpha value is -2.77. The van der Waals surface area contributed by atoms with Crippen LogP contribution in [0.2, 0.25) is 0 Å². The van der Waals surface area contributed by atoms with E-state index in [4.69, 9.17) is 5.21 Å². The van der Waals surface area contributed by atoms with Gasteiger partial charge in [0, 0.05) is 36.9 Å². The maximum absolute atomic E-state index is 11.9. The highest BCUT2D eigenvalue weighted by Crippen LogP contribution is 2.11. The second-order valence-corrected chi connectivity index (χ2v) is 4.34. The highest BCUT2D eigenvalue weighted by Gasteiger charge is 2.04. The zero-order valence-corrected chi connectivity index (χ0v) is 13.0. The highest BCUT2D eigenvalue weighted by atomic mass is 35.5. The predicted molar refractivity (Wildman–Crippen MR) is 87.0 cm³/mol. The first-order valence-corrected chi connectivity index (χ1v) is 6.38. The summed E-state index contributed by atoms with van der Waals surface area (Å²) in [5.41, 5.74) is 3.31. The Labute approximate surface area is 138 Å². The number of hydroxylamine groups is 1. The molecule has 0 aromatic carbocycles. The number of ketones is 1. The minimum atomic E-state index is -0.615. The second kappa shape index (κ2) is 8.62. The largest absolute Gasteiger partial charge is 0.345 e. The topological polar surface area (TPSA) is 97.1 Å². The number of aromatic nitrogens is 3. The number of carbonyl (C=O) groups is 2. The molecule has 23 heavy (non-hydrogen) atoms. The lowest BCUT2D eigenvalue weighted by molar-refractivity contribution is -0.124. The van der Waals surface area contributed by atoms with Crippen molar-refractivity contribution in [3.63, 3.8) is 0 Å². The standard InChI is InChI=1S/C15H14N4O3.ClH/c1-19-11(2-3-12(19)5-7-15(21)18-22)4-6-14(20)13-10-16-8-9-17-13;/h2-10,22H,1H3,(H,18,21);1H/b6-4+,7-5+;. The van der Waals surface area contributed by atoms with Crippen molar-refractivity contribution in [2.75, 3.05) is 0 Å². The average molecular weight is 335 g/mol. The molecule has 0 aliphatic heterocycles. The van der Waals surface area contributed by atoms with E-state index in [0.717, 1.165) is 11.4 Å². The first-order chi connectivity index (χ1) is 10.6. The van der Waals surface area contributed by atoms with Crippen molar-refractivity contribution in [2.45, 2.75) is 0 Å². The van der Waals surface area contributed by atoms with Crippen LogP contribution in [0, 0.1) is 0 Å². The molecule has 0 saturated heterocycles. The third-order valence-corrected chi connectivity index (χ3v) is 2.94. The molecule has 7 nitrogen and oxygen atoms in total. The van der Waals surface area contributed by atoms with Crippen LogP contribution >= 0.6 is 12.4 Å². The Morgan fingerprint density at radius 3 is 2.39 bits per heavy atom. The van der Waals surface area contributed by atoms with E-state index in [-0.39, 0.29) is 23.9 Å². The molecule has 8 heteroatoms. The van der Waals surface area contributed by atoms with Crippen molar-refractivity contribution >= 4 is 36.2 Å². The number of hydrogen-bond donors (Lipinski definition) is 2. The van der Waals surface area contributed by atoms with Crippen LogP contribution in [0.3, 0.4) is 0 Å². The van der Waals surface area contributed by atoms with Crippen LogP contribution < -0.4 is 5.48 Å². The smallest absolute Gasteiger partial charge is 0.267 e. The molecule has 0 saturated carbocycles. The van der Waals surface area contributed by atoms with Gasteiger partial charge in [-0.3, -0.25) is 19.8 Å². The third kappa shape index (κ3) is 4.87. The van der Waals surface area contributed by atoms with E-state index in [0.29, 0.717) is 0 Å². The maximum atomic E-state index is 11.9. The number of amides is 1. The number of rotatable bonds is 5. The van der Waals surface area contributed by atoms with Crippen molar-refractivity contribution in [3.05, 3.63) is 60.0 Å². The zero-order valence-electron chi connectivity index (χ0n) is 12.2. The van der Waals surface area contributed by atoms with Gasteiger partial charge >= 0.3 is 0 Å². The van der Waals surface area contributed by atoms with Crippen molar-refractivity contribution in [1.29, 1.82) is 0 Å². The van der Waals surface area contributed by atoms with Gasteiger partial charge in [-0.1, -0.05) is 0 Å². The Morgan fingerprint density at radius 1 is 1.17 bits per heavy atom. The van der Waals surface area contributed by atoms with Crippen molar-refractivity contribution in [2.24, 2.45) is 7.05 Å². The summed E-state index contributed by atoms with van der Waals surface area (Å²) >= 11 is 0. The Morgan fingerprint density at radius 2 is 1.83 bits per heavy atom. The SMILES string of the molecule is Cl.Cn1c(/C=C/C(=O)NO)ccc1/C=C/C(=O)c1cnccn1. The minimum absolute atomic E-state index is 0. The van der Waals surface area contributed by atoms with E-state index < -0.39 is 5.91 Å². The molecule has 0 bridgehead atoms. The molecular formula is C15H15ClN4O3. The summed E-state index contributed by atoms with van der Waals surface area (Å²) in [5, 5.41) is 8.42. The minimum Gasteiger partial charge on any atom is -0.345 e. The molecule has 0 unspecified atom stereocenters. The molecule has 2 aromatic heterocycles. The fraction of sp³-hybridized carbons (Fsp3) is 0.0667. The molecule has 0 spiro atoms. The Kier molecular flexibility index (Phi) is 6.85. The van der Waals surface area contributed by atoms with Crippen molar-refractivity contribution in [1.82, 2.24) is 20.0 Å². The molecule has 2 aromatic rings. The van der Waals surface area contributed by atoms with Gasteiger partial charge in [0.05, 0.1) is 6.20 Å². The Bertz CT molecular complexity index is 738. The van der Waals surface area contributed by atoms with E-state index in [1.165, 1.54) is 36.2 Å². The monoisotopic (exact) mass is 334 g/mol. The highest BCUT2D eigenvalue weighted by molar-refractivity contribution is 6.05. The van der Waals surface area contributed by atoms with Gasteiger partial charge in [-0.25, -0.2) is 10.5 Å². The molecular weight excluding hydrogens is 320 g/mol. The van der Waals surface area contributed by atoms with Crippen LogP contribution in [-0.2, 0) is 11.8 Å². The van der Waals surface area contributed by atoms with Crippen LogP contribution in [0.25, 0.3) is 12.2 Å². The van der Waals surface area contributed by atoms with Crippen LogP contribution in [0.15, 0.2) is 42.9 Å². The van der Waals surface area contributed by atoms with Crippen LogP contribution in [0.1, 0.15) is 21.9 Å². The second-order valence-electron chi connectivity index (χ2n) is 4.34. The van der Waals surface area contributed by atoms with Crippen molar-refractivity contribution in [3.8, 4) is 0 Å². The fourth-order valence-electron chi connectivity index (χ4n) is 1.75. The quantitative estimate of drug-likeness (QED) is 0.375. The third-order valence-electron chi connectivity index (χ3n) is 2.94. The summed E-state index contributed by atoms with van der Waals surface area (Å²) in [4.78, 5) is 30.6. The van der Waals surface area contributed by atoms with Gasteiger partial charge in [-0.15, -0.1) is 12.4 Å². The molecule has 2 rings (SSSR count). The van der Waals surface area contributed by atoms with E-state index >= 15 is 0 Å². The molecule has 0 radical (unpaired) electrons. The summed E-state index contributed by atoms with van der Waals surface area (Å²) in [5.74, 6) is -0.859. The number of carbonyl (C=O) groups excluding carboxylic acids is 2. The summed E-state index contributed by atoms with van der Waals surface area (Å²) in [6.07, 6.45) is 10.2. The molecule has 0 atom stereocenters. The van der Waals surface area contributed by atoms with Gasteiger partial charge in [0.25, 0.3) is 5.91 Å². The zero-order chi connectivity index (χ0) is 15.9. The first kappa shape index (κ1) is 18.3. The van der Waals surface area contributed by atoms with E-state index in [1.807, 2.05) is 0 Å². The lowest BCUT2D eigenvalue weighted by Gasteiger charge is -2.00. The number of allylic oxidation sites excluding steroid dienone is 1. The summed E-state index contributed by atoms with van der Waals surface area (Å²) < 4.78 is 1.79. The van der Waals surface area contributed by atoms with E-state index in [9.17, 15) is 9.59 Å². The van der Waals surface area contributed by atoms with Gasteiger partial charge in [-0.05, 0) is 30.4 Å². The van der Waals surface area contributed by atoms with E-state index in [2.05, 4.69) is 9.97 Å². The summed E-state index contributed by atoms with van der Waals surface area (Å²) in [7, 11) is 1.79. The fourth-order valence-corrected chi connectivity index (χ4v) is 1.75. The van der Waals surface area contributed by atoms with Crippen molar-refractivity contribution < 1.29 is 14.8 Å². The van der Waals surface area contributed by atoms with Gasteiger partial charge < -0.3 is 4.57 Å². The number of hydrogen-bond acceptors (Lipinski definition) is 5. The van der Waals surface area contributed by atoms with Gasteiger partial charge in [0.2, 0.25) is 5.78 Å². The number of halogens is 1. The Balaban J connectivity index is 0.00000264. The van der Waals surface area contributed by atoms with Gasteiger partial charge in [0.1, 0.15) is 5.69 Å². The molecule has 2 N–H and O–H groups in total. The van der Waals surface area contributed by atoms with Crippen LogP contribution in [0.5, 0.6) is 0 Å². The maximum Gasteiger partial charge on any atom is 0.267 e. The molecule has 0 aliphatic rings. The van der Waals surface area contributed by atoms with E-state index in [1.54, 1.807) is 35.9 Å². The molecule has 120 valence electrons. The molecule has 1 amide bonds. The number of nitrogens with zero attached hydrogens (tertiary/aromatic N) is 3. The normalized spacial score (nSPS) is 10.7.